The highest BCUT2D eigenvalue weighted by atomic mass is 16.5. The molecule has 1 aromatic heterocycles. The van der Waals surface area contributed by atoms with E-state index in [0.29, 0.717) is 52.4 Å². The summed E-state index contributed by atoms with van der Waals surface area (Å²) in [5, 5.41) is 51.2. The van der Waals surface area contributed by atoms with Crippen LogP contribution in [0.1, 0.15) is 84.7 Å². The molecular formula is C43H57N5O12. The standard InChI is InChI=1S/C39H51N5O6.C4H6O6/c1-23(2)29-21-26(37(46)43(5)15-9-14-42(3)4)12-13-31(29)44-32(35-33(49-6)10-8-11-34(35)50-7)22-30(41-44)36(45)40-39(38(47)48)27-17-24-16-25(19-27)20-28(39)18-24;5-1(3(7)8)2(6)4(9)10/h8,10-13,21-25,27-28H,9,14-20H2,1-7H3,(H,40,45)(H,47,48);1-2,5-6H,(H,7,8)(H,9,10)/t;1-,2-/m.1/s1. The van der Waals surface area contributed by atoms with E-state index in [9.17, 15) is 29.1 Å². The molecule has 0 saturated heterocycles. The minimum Gasteiger partial charge on any atom is -0.496 e. The van der Waals surface area contributed by atoms with Crippen LogP contribution in [-0.4, -0.2) is 141 Å². The van der Waals surface area contributed by atoms with Crippen LogP contribution in [0.4, 0.5) is 0 Å². The number of rotatable bonds is 16. The number of nitrogens with one attached hydrogen (secondary N) is 1. The summed E-state index contributed by atoms with van der Waals surface area (Å²) in [6, 6.07) is 12.7. The molecule has 0 unspecified atom stereocenters. The summed E-state index contributed by atoms with van der Waals surface area (Å²) < 4.78 is 13.3. The number of carbonyl (C=O) groups is 5. The fourth-order valence-corrected chi connectivity index (χ4v) is 9.30. The van der Waals surface area contributed by atoms with Crippen LogP contribution in [0.25, 0.3) is 16.9 Å². The molecule has 6 N–H and O–H groups in total. The van der Waals surface area contributed by atoms with Crippen molar-refractivity contribution in [1.29, 1.82) is 0 Å². The summed E-state index contributed by atoms with van der Waals surface area (Å²) in [6.45, 7) is 5.62. The summed E-state index contributed by atoms with van der Waals surface area (Å²) in [5.74, 6) is -3.18. The molecule has 2 amide bonds. The van der Waals surface area contributed by atoms with Crippen molar-refractivity contribution in [3.8, 4) is 28.4 Å². The highest BCUT2D eigenvalue weighted by Gasteiger charge is 2.62. The molecule has 2 aromatic carbocycles. The van der Waals surface area contributed by atoms with Gasteiger partial charge in [-0.1, -0.05) is 19.9 Å². The first kappa shape index (κ1) is 45.6. The van der Waals surface area contributed by atoms with Crippen molar-refractivity contribution in [3.63, 3.8) is 0 Å². The summed E-state index contributed by atoms with van der Waals surface area (Å²) >= 11 is 0. The highest BCUT2D eigenvalue weighted by Crippen LogP contribution is 2.58. The van der Waals surface area contributed by atoms with E-state index < -0.39 is 41.6 Å². The number of hydrogen-bond acceptors (Lipinski definition) is 11. The van der Waals surface area contributed by atoms with Crippen LogP contribution in [0.3, 0.4) is 0 Å². The van der Waals surface area contributed by atoms with E-state index >= 15 is 0 Å². The number of carboxylic acids is 3. The number of carbonyl (C=O) groups excluding carboxylic acids is 2. The van der Waals surface area contributed by atoms with Crippen molar-refractivity contribution in [2.75, 3.05) is 48.5 Å². The molecular weight excluding hydrogens is 778 g/mol. The van der Waals surface area contributed by atoms with Crippen molar-refractivity contribution in [3.05, 3.63) is 59.3 Å². The van der Waals surface area contributed by atoms with Crippen molar-refractivity contribution < 1.29 is 59.0 Å². The number of methoxy groups -OCH3 is 2. The number of benzene rings is 2. The zero-order valence-electron chi connectivity index (χ0n) is 35.1. The predicted octanol–water partition coefficient (Wildman–Crippen LogP) is 3.59. The normalized spacial score (nSPS) is 22.4. The summed E-state index contributed by atoms with van der Waals surface area (Å²) in [7, 11) is 9.00. The molecule has 2 atom stereocenters. The number of amides is 2. The highest BCUT2D eigenvalue weighted by molar-refractivity contribution is 5.98. The van der Waals surface area contributed by atoms with Crippen molar-refractivity contribution in [1.82, 2.24) is 24.9 Å². The zero-order chi connectivity index (χ0) is 44.2. The third kappa shape index (κ3) is 9.27. The van der Waals surface area contributed by atoms with Crippen LogP contribution in [-0.2, 0) is 14.4 Å². The van der Waals surface area contributed by atoms with Gasteiger partial charge in [-0.3, -0.25) is 9.59 Å². The van der Waals surface area contributed by atoms with E-state index in [1.807, 2.05) is 51.5 Å². The van der Waals surface area contributed by atoms with Crippen LogP contribution in [0.5, 0.6) is 11.5 Å². The van der Waals surface area contributed by atoms with Crippen molar-refractivity contribution in [2.24, 2.45) is 23.7 Å². The molecule has 0 aliphatic heterocycles. The number of hydrogen-bond donors (Lipinski definition) is 6. The van der Waals surface area contributed by atoms with Gasteiger partial charge in [-0.25, -0.2) is 19.1 Å². The van der Waals surface area contributed by atoms with Gasteiger partial charge in [-0.05, 0) is 131 Å². The third-order valence-electron chi connectivity index (χ3n) is 12.1. The largest absolute Gasteiger partial charge is 0.496 e. The Morgan fingerprint density at radius 2 is 1.38 bits per heavy atom. The van der Waals surface area contributed by atoms with Gasteiger partial charge in [0.15, 0.2) is 17.9 Å². The molecule has 60 heavy (non-hydrogen) atoms. The second-order valence-corrected chi connectivity index (χ2v) is 16.7. The van der Waals surface area contributed by atoms with Gasteiger partial charge in [0, 0.05) is 19.2 Å². The SMILES string of the molecule is COc1cccc(OC)c1-c1cc(C(=O)NC2(C(=O)O)C3CC4CC(C3)CC2C4)nn1-c1ccc(C(=O)N(C)CCCN(C)C)cc1C(C)C.O=C(O)[C@H](O)[C@@H](O)C(=O)O. The zero-order valence-corrected chi connectivity index (χ0v) is 35.1. The third-order valence-corrected chi connectivity index (χ3v) is 12.1. The van der Waals surface area contributed by atoms with E-state index in [4.69, 9.17) is 35.0 Å². The van der Waals surface area contributed by atoms with Gasteiger partial charge in [0.1, 0.15) is 17.0 Å². The Labute approximate surface area is 348 Å². The van der Waals surface area contributed by atoms with Crippen molar-refractivity contribution >= 4 is 29.7 Å². The quantitative estimate of drug-likeness (QED) is 0.121. The Kier molecular flexibility index (Phi) is 14.3. The van der Waals surface area contributed by atoms with Crippen LogP contribution in [0.15, 0.2) is 42.5 Å². The molecule has 7 rings (SSSR count). The Balaban J connectivity index is 0.000000606. The number of nitrogens with zero attached hydrogens (tertiary/aromatic N) is 4. The van der Waals surface area contributed by atoms with Gasteiger partial charge >= 0.3 is 17.9 Å². The van der Waals surface area contributed by atoms with E-state index in [0.717, 1.165) is 44.2 Å². The monoisotopic (exact) mass is 835 g/mol. The molecule has 0 radical (unpaired) electrons. The first-order chi connectivity index (χ1) is 28.3. The first-order valence-electron chi connectivity index (χ1n) is 20.1. The van der Waals surface area contributed by atoms with Crippen LogP contribution in [0.2, 0.25) is 0 Å². The van der Waals surface area contributed by atoms with Crippen LogP contribution < -0.4 is 14.8 Å². The number of aliphatic hydroxyl groups excluding tert-OH is 2. The number of aliphatic carboxylic acids is 3. The fourth-order valence-electron chi connectivity index (χ4n) is 9.30. The van der Waals surface area contributed by atoms with Gasteiger partial charge in [-0.2, -0.15) is 5.10 Å². The Hall–Kier alpha value is -5.52. The van der Waals surface area contributed by atoms with E-state index in [2.05, 4.69) is 24.1 Å². The fraction of sp³-hybridized carbons (Fsp3) is 0.535. The second-order valence-electron chi connectivity index (χ2n) is 16.7. The van der Waals surface area contributed by atoms with E-state index in [-0.39, 0.29) is 29.4 Å². The number of aromatic nitrogens is 2. The Bertz CT molecular complexity index is 2010. The molecule has 3 aromatic rings. The lowest BCUT2D eigenvalue weighted by Crippen LogP contribution is -2.70. The maximum Gasteiger partial charge on any atom is 0.335 e. The Morgan fingerprint density at radius 3 is 1.85 bits per heavy atom. The average molecular weight is 836 g/mol. The molecule has 326 valence electrons. The molecule has 1 heterocycles. The number of aliphatic hydroxyl groups is 2. The van der Waals surface area contributed by atoms with Crippen LogP contribution >= 0.6 is 0 Å². The van der Waals surface area contributed by atoms with Gasteiger partial charge < -0.3 is 50.1 Å². The summed E-state index contributed by atoms with van der Waals surface area (Å²) in [5.41, 5.74) is 2.04. The molecule has 4 bridgehead atoms. The molecule has 0 spiro atoms. The number of ether oxygens (including phenoxy) is 2. The summed E-state index contributed by atoms with van der Waals surface area (Å²) in [4.78, 5) is 64.3. The Morgan fingerprint density at radius 1 is 0.833 bits per heavy atom. The average Bonchev–Trinajstić information content (AvgIpc) is 3.65. The molecule has 4 aliphatic carbocycles. The van der Waals surface area contributed by atoms with Crippen molar-refractivity contribution in [2.45, 2.75) is 76.0 Å². The van der Waals surface area contributed by atoms with Gasteiger partial charge in [0.2, 0.25) is 0 Å². The molecule has 4 saturated carbocycles. The molecule has 4 fully saturated rings. The molecule has 17 heteroatoms. The smallest absolute Gasteiger partial charge is 0.335 e. The minimum atomic E-state index is -2.27. The van der Waals surface area contributed by atoms with Crippen LogP contribution in [0, 0.1) is 23.7 Å². The lowest BCUT2D eigenvalue weighted by Gasteiger charge is -2.59. The van der Waals surface area contributed by atoms with Gasteiger partial charge in [0.05, 0.1) is 31.2 Å². The van der Waals surface area contributed by atoms with Gasteiger partial charge in [0.25, 0.3) is 11.8 Å². The summed E-state index contributed by atoms with van der Waals surface area (Å²) in [6.07, 6.45) is 0.793. The van der Waals surface area contributed by atoms with E-state index in [1.54, 1.807) is 35.9 Å². The lowest BCUT2D eigenvalue weighted by molar-refractivity contribution is -0.165. The first-order valence-corrected chi connectivity index (χ1v) is 20.1. The maximum atomic E-state index is 14.3. The lowest BCUT2D eigenvalue weighted by atomic mass is 9.48. The number of carboxylic acid groups (broad SMARTS) is 3. The molecule has 17 nitrogen and oxygen atoms in total. The van der Waals surface area contributed by atoms with Gasteiger partial charge in [-0.15, -0.1) is 0 Å². The van der Waals surface area contributed by atoms with E-state index in [1.165, 1.54) is 6.42 Å². The second kappa shape index (κ2) is 18.8. The molecule has 4 aliphatic rings. The minimum absolute atomic E-state index is 0.00554. The maximum absolute atomic E-state index is 14.3. The topological polar surface area (TPSA) is 241 Å². The predicted molar refractivity (Wildman–Crippen MR) is 218 cm³/mol.